The number of pyridine rings is 1. The van der Waals surface area contributed by atoms with Crippen LogP contribution in [0.1, 0.15) is 23.7 Å². The molecule has 0 saturated carbocycles. The van der Waals surface area contributed by atoms with E-state index in [4.69, 9.17) is 5.11 Å². The second-order valence-corrected chi connectivity index (χ2v) is 3.13. The van der Waals surface area contributed by atoms with Gasteiger partial charge in [0.2, 0.25) is 5.95 Å². The molecule has 1 amide bonds. The fraction of sp³-hybridized carbons (Fsp3) is 0.400. The van der Waals surface area contributed by atoms with Gasteiger partial charge in [-0.15, -0.1) is 0 Å². The van der Waals surface area contributed by atoms with E-state index >= 15 is 0 Å². The Morgan fingerprint density at radius 1 is 1.73 bits per heavy atom. The van der Waals surface area contributed by atoms with Crippen LogP contribution in [0.15, 0.2) is 18.3 Å². The number of carbonyl (C=O) groups is 1. The van der Waals surface area contributed by atoms with Crippen LogP contribution in [-0.2, 0) is 0 Å². The van der Waals surface area contributed by atoms with Crippen molar-refractivity contribution in [2.24, 2.45) is 0 Å². The fourth-order valence-corrected chi connectivity index (χ4v) is 1.09. The maximum absolute atomic E-state index is 12.7. The zero-order valence-corrected chi connectivity index (χ0v) is 8.40. The van der Waals surface area contributed by atoms with Crippen molar-refractivity contribution in [3.63, 3.8) is 0 Å². The van der Waals surface area contributed by atoms with E-state index in [-0.39, 0.29) is 18.2 Å². The number of nitrogens with zero attached hydrogens (tertiary/aromatic N) is 1. The summed E-state index contributed by atoms with van der Waals surface area (Å²) in [5.74, 6) is -1.10. The second kappa shape index (κ2) is 5.41. The second-order valence-electron chi connectivity index (χ2n) is 3.13. The van der Waals surface area contributed by atoms with Crippen LogP contribution in [0.3, 0.4) is 0 Å². The highest BCUT2D eigenvalue weighted by molar-refractivity contribution is 5.94. The lowest BCUT2D eigenvalue weighted by molar-refractivity contribution is 0.0914. The summed E-state index contributed by atoms with van der Waals surface area (Å²) in [5, 5.41) is 11.5. The predicted octanol–water partition coefficient (Wildman–Crippen LogP) is 0.721. The Labute approximate surface area is 87.1 Å². The summed E-state index contributed by atoms with van der Waals surface area (Å²) in [6, 6.07) is 2.18. The van der Waals surface area contributed by atoms with Crippen molar-refractivity contribution < 1.29 is 14.3 Å². The molecule has 0 aliphatic heterocycles. The summed E-state index contributed by atoms with van der Waals surface area (Å²) in [4.78, 5) is 14.9. The van der Waals surface area contributed by atoms with Crippen molar-refractivity contribution in [3.05, 3.63) is 29.8 Å². The van der Waals surface area contributed by atoms with Crippen LogP contribution in [0.4, 0.5) is 4.39 Å². The minimum absolute atomic E-state index is 0.129. The molecular weight excluding hydrogens is 199 g/mol. The molecule has 5 heteroatoms. The Balaban J connectivity index is 2.68. The van der Waals surface area contributed by atoms with E-state index in [1.807, 2.05) is 6.92 Å². The van der Waals surface area contributed by atoms with Gasteiger partial charge in [0.05, 0.1) is 12.6 Å². The molecular formula is C10H13FN2O2. The first-order valence-electron chi connectivity index (χ1n) is 4.70. The molecule has 1 atom stereocenters. The van der Waals surface area contributed by atoms with Gasteiger partial charge in [0.1, 0.15) is 0 Å². The number of rotatable bonds is 4. The summed E-state index contributed by atoms with van der Waals surface area (Å²) in [6.07, 6.45) is 1.85. The largest absolute Gasteiger partial charge is 0.394 e. The molecule has 0 saturated heterocycles. The van der Waals surface area contributed by atoms with Crippen molar-refractivity contribution in [3.8, 4) is 0 Å². The van der Waals surface area contributed by atoms with Crippen LogP contribution >= 0.6 is 0 Å². The molecule has 82 valence electrons. The van der Waals surface area contributed by atoms with E-state index in [1.165, 1.54) is 12.3 Å². The average molecular weight is 212 g/mol. The molecule has 0 unspecified atom stereocenters. The minimum Gasteiger partial charge on any atom is -0.394 e. The van der Waals surface area contributed by atoms with Crippen LogP contribution in [0, 0.1) is 5.95 Å². The van der Waals surface area contributed by atoms with Crippen LogP contribution in [0.25, 0.3) is 0 Å². The highest BCUT2D eigenvalue weighted by atomic mass is 19.1. The standard InChI is InChI=1S/C10H13FN2O2/c1-2-8(6-14)13-10(15)7-3-4-12-9(11)5-7/h3-5,8,14H,2,6H2,1H3,(H,13,15)/t8-/m0/s1. The zero-order valence-electron chi connectivity index (χ0n) is 8.40. The third-order valence-corrected chi connectivity index (χ3v) is 2.04. The Hall–Kier alpha value is -1.49. The summed E-state index contributed by atoms with van der Waals surface area (Å²) < 4.78 is 12.7. The molecule has 0 aliphatic carbocycles. The van der Waals surface area contributed by atoms with Gasteiger partial charge in [-0.3, -0.25) is 4.79 Å². The lowest BCUT2D eigenvalue weighted by atomic mass is 10.2. The van der Waals surface area contributed by atoms with Crippen molar-refractivity contribution in [1.29, 1.82) is 0 Å². The van der Waals surface area contributed by atoms with E-state index in [0.29, 0.717) is 6.42 Å². The Kier molecular flexibility index (Phi) is 4.17. The first-order valence-corrected chi connectivity index (χ1v) is 4.70. The number of aliphatic hydroxyl groups excluding tert-OH is 1. The van der Waals surface area contributed by atoms with Gasteiger partial charge in [0.25, 0.3) is 5.91 Å². The number of amides is 1. The number of aliphatic hydroxyl groups is 1. The SMILES string of the molecule is CC[C@@H](CO)NC(=O)c1ccnc(F)c1. The third kappa shape index (κ3) is 3.28. The number of halogens is 1. The van der Waals surface area contributed by atoms with Crippen molar-refractivity contribution in [1.82, 2.24) is 10.3 Å². The lowest BCUT2D eigenvalue weighted by Crippen LogP contribution is -2.36. The summed E-state index contributed by atoms with van der Waals surface area (Å²) in [6.45, 7) is 1.71. The third-order valence-electron chi connectivity index (χ3n) is 2.04. The molecule has 15 heavy (non-hydrogen) atoms. The molecule has 1 aromatic heterocycles. The summed E-state index contributed by atoms with van der Waals surface area (Å²) >= 11 is 0. The van der Waals surface area contributed by atoms with Gasteiger partial charge in [-0.2, -0.15) is 4.39 Å². The highest BCUT2D eigenvalue weighted by Gasteiger charge is 2.11. The smallest absolute Gasteiger partial charge is 0.251 e. The van der Waals surface area contributed by atoms with Gasteiger partial charge in [-0.05, 0) is 12.5 Å². The number of carbonyl (C=O) groups excluding carboxylic acids is 1. The monoisotopic (exact) mass is 212 g/mol. The predicted molar refractivity (Wildman–Crippen MR) is 52.8 cm³/mol. The zero-order chi connectivity index (χ0) is 11.3. The van der Waals surface area contributed by atoms with E-state index < -0.39 is 11.9 Å². The first kappa shape index (κ1) is 11.6. The average Bonchev–Trinajstić information content (AvgIpc) is 2.25. The van der Waals surface area contributed by atoms with Crippen molar-refractivity contribution in [2.75, 3.05) is 6.61 Å². The molecule has 0 aromatic carbocycles. The molecule has 0 fully saturated rings. The van der Waals surface area contributed by atoms with Crippen molar-refractivity contribution in [2.45, 2.75) is 19.4 Å². The Bertz CT molecular complexity index is 340. The number of aromatic nitrogens is 1. The molecule has 0 bridgehead atoms. The van der Waals surface area contributed by atoms with E-state index in [9.17, 15) is 9.18 Å². The molecule has 1 aromatic rings. The van der Waals surface area contributed by atoms with E-state index in [1.54, 1.807) is 0 Å². The van der Waals surface area contributed by atoms with Gasteiger partial charge >= 0.3 is 0 Å². The molecule has 0 radical (unpaired) electrons. The van der Waals surface area contributed by atoms with Gasteiger partial charge in [-0.25, -0.2) is 4.98 Å². The maximum Gasteiger partial charge on any atom is 0.251 e. The van der Waals surface area contributed by atoms with Crippen molar-refractivity contribution >= 4 is 5.91 Å². The molecule has 0 aliphatic rings. The van der Waals surface area contributed by atoms with Gasteiger partial charge in [-0.1, -0.05) is 6.92 Å². The molecule has 1 heterocycles. The lowest BCUT2D eigenvalue weighted by Gasteiger charge is -2.13. The molecule has 0 spiro atoms. The van der Waals surface area contributed by atoms with Crippen LogP contribution in [0.2, 0.25) is 0 Å². The maximum atomic E-state index is 12.7. The molecule has 4 nitrogen and oxygen atoms in total. The fourth-order valence-electron chi connectivity index (χ4n) is 1.09. The normalized spacial score (nSPS) is 12.2. The van der Waals surface area contributed by atoms with E-state index in [2.05, 4.69) is 10.3 Å². The van der Waals surface area contributed by atoms with Gasteiger partial charge in [0.15, 0.2) is 0 Å². The minimum atomic E-state index is -0.695. The summed E-state index contributed by atoms with van der Waals surface area (Å²) in [5.41, 5.74) is 0.203. The first-order chi connectivity index (χ1) is 7.17. The molecule has 1 rings (SSSR count). The van der Waals surface area contributed by atoms with Gasteiger partial charge < -0.3 is 10.4 Å². The number of hydrogen-bond donors (Lipinski definition) is 2. The van der Waals surface area contributed by atoms with E-state index in [0.717, 1.165) is 6.07 Å². The molecule has 2 N–H and O–H groups in total. The van der Waals surface area contributed by atoms with Crippen LogP contribution in [0.5, 0.6) is 0 Å². The van der Waals surface area contributed by atoms with Crippen LogP contribution in [-0.4, -0.2) is 28.6 Å². The van der Waals surface area contributed by atoms with Gasteiger partial charge in [0, 0.05) is 17.8 Å². The van der Waals surface area contributed by atoms with Crippen LogP contribution < -0.4 is 5.32 Å². The topological polar surface area (TPSA) is 62.2 Å². The Morgan fingerprint density at radius 2 is 2.47 bits per heavy atom. The quantitative estimate of drug-likeness (QED) is 0.723. The summed E-state index contributed by atoms with van der Waals surface area (Å²) in [7, 11) is 0. The number of nitrogens with one attached hydrogen (secondary N) is 1. The Morgan fingerprint density at radius 3 is 3.00 bits per heavy atom. The highest BCUT2D eigenvalue weighted by Crippen LogP contribution is 2.01. The number of hydrogen-bond acceptors (Lipinski definition) is 3.